The van der Waals surface area contributed by atoms with E-state index in [1.165, 1.54) is 53.8 Å². The SMILES string of the molecule is C=C(C1CCC(C)CC1)N(Cc1ccc(-c2cccnc2)nc1)c1cccc(-c2ccnc(CC)c2)c1. The summed E-state index contributed by atoms with van der Waals surface area (Å²) in [6, 6.07) is 21.4. The zero-order valence-electron chi connectivity index (χ0n) is 22.0. The van der Waals surface area contributed by atoms with Crippen molar-refractivity contribution in [3.05, 3.63) is 109 Å². The van der Waals surface area contributed by atoms with Crippen molar-refractivity contribution in [2.45, 2.75) is 52.5 Å². The highest BCUT2D eigenvalue weighted by atomic mass is 15.1. The fourth-order valence-corrected chi connectivity index (χ4v) is 5.26. The summed E-state index contributed by atoms with van der Waals surface area (Å²) in [5, 5.41) is 0. The number of nitrogens with zero attached hydrogens (tertiary/aromatic N) is 4. The molecule has 1 aliphatic carbocycles. The first-order chi connectivity index (χ1) is 18.1. The lowest BCUT2D eigenvalue weighted by atomic mass is 9.81. The lowest BCUT2D eigenvalue weighted by molar-refractivity contribution is 0.316. The van der Waals surface area contributed by atoms with Crippen LogP contribution < -0.4 is 4.90 Å². The molecule has 3 heterocycles. The van der Waals surface area contributed by atoms with E-state index in [-0.39, 0.29) is 0 Å². The molecule has 0 amide bonds. The van der Waals surface area contributed by atoms with Crippen LogP contribution in [-0.2, 0) is 13.0 Å². The van der Waals surface area contributed by atoms with Crippen LogP contribution in [0.25, 0.3) is 22.4 Å². The smallest absolute Gasteiger partial charge is 0.0717 e. The Hall–Kier alpha value is -3.79. The molecule has 4 heteroatoms. The highest BCUT2D eigenvalue weighted by Gasteiger charge is 2.25. The van der Waals surface area contributed by atoms with Crippen molar-refractivity contribution in [3.8, 4) is 22.4 Å². The van der Waals surface area contributed by atoms with E-state index in [0.29, 0.717) is 5.92 Å². The molecule has 37 heavy (non-hydrogen) atoms. The Morgan fingerprint density at radius 3 is 2.41 bits per heavy atom. The molecule has 4 nitrogen and oxygen atoms in total. The molecule has 0 spiro atoms. The number of anilines is 1. The van der Waals surface area contributed by atoms with Gasteiger partial charge in [-0.15, -0.1) is 0 Å². The first kappa shape index (κ1) is 24.9. The largest absolute Gasteiger partial charge is 0.341 e. The average molecular weight is 489 g/mol. The fourth-order valence-electron chi connectivity index (χ4n) is 5.26. The zero-order valence-corrected chi connectivity index (χ0v) is 22.0. The molecule has 0 saturated heterocycles. The van der Waals surface area contributed by atoms with E-state index in [9.17, 15) is 0 Å². The second kappa shape index (κ2) is 11.5. The Morgan fingerprint density at radius 1 is 0.865 bits per heavy atom. The summed E-state index contributed by atoms with van der Waals surface area (Å²) in [6.07, 6.45) is 13.4. The van der Waals surface area contributed by atoms with Crippen molar-refractivity contribution in [3.63, 3.8) is 0 Å². The van der Waals surface area contributed by atoms with Crippen molar-refractivity contribution in [1.29, 1.82) is 0 Å². The molecule has 1 fully saturated rings. The molecule has 1 aromatic carbocycles. The highest BCUT2D eigenvalue weighted by Crippen LogP contribution is 2.37. The van der Waals surface area contributed by atoms with E-state index in [2.05, 4.69) is 83.8 Å². The molecule has 3 aromatic heterocycles. The monoisotopic (exact) mass is 488 g/mol. The minimum absolute atomic E-state index is 0.509. The Kier molecular flexibility index (Phi) is 7.74. The molecule has 188 valence electrons. The van der Waals surface area contributed by atoms with Gasteiger partial charge in [-0.3, -0.25) is 15.0 Å². The van der Waals surface area contributed by atoms with Gasteiger partial charge in [0.05, 0.1) is 5.69 Å². The average Bonchev–Trinajstić information content (AvgIpc) is 2.97. The number of pyridine rings is 3. The Bertz CT molecular complexity index is 1320. The second-order valence-corrected chi connectivity index (χ2v) is 10.3. The minimum atomic E-state index is 0.509. The lowest BCUT2D eigenvalue weighted by Gasteiger charge is -2.35. The Balaban J connectivity index is 1.45. The summed E-state index contributed by atoms with van der Waals surface area (Å²) in [5.41, 5.74) is 9.04. The van der Waals surface area contributed by atoms with E-state index in [1.807, 2.05) is 30.7 Å². The summed E-state index contributed by atoms with van der Waals surface area (Å²) in [4.78, 5) is 15.9. The van der Waals surface area contributed by atoms with Gasteiger partial charge < -0.3 is 4.90 Å². The van der Waals surface area contributed by atoms with Crippen LogP contribution in [0.1, 0.15) is 50.8 Å². The van der Waals surface area contributed by atoms with Gasteiger partial charge in [-0.2, -0.15) is 0 Å². The van der Waals surface area contributed by atoms with Gasteiger partial charge in [0, 0.05) is 54.0 Å². The van der Waals surface area contributed by atoms with Crippen molar-refractivity contribution in [2.75, 3.05) is 4.90 Å². The third-order valence-corrected chi connectivity index (χ3v) is 7.63. The topological polar surface area (TPSA) is 41.9 Å². The van der Waals surface area contributed by atoms with E-state index in [1.54, 1.807) is 6.20 Å². The maximum absolute atomic E-state index is 4.76. The van der Waals surface area contributed by atoms with Crippen LogP contribution in [0.4, 0.5) is 5.69 Å². The van der Waals surface area contributed by atoms with Gasteiger partial charge in [-0.05, 0) is 90.3 Å². The van der Waals surface area contributed by atoms with Crippen molar-refractivity contribution in [1.82, 2.24) is 15.0 Å². The predicted molar refractivity (Wildman–Crippen MR) is 153 cm³/mol. The highest BCUT2D eigenvalue weighted by molar-refractivity contribution is 5.70. The van der Waals surface area contributed by atoms with Crippen LogP contribution >= 0.6 is 0 Å². The molecule has 5 rings (SSSR count). The van der Waals surface area contributed by atoms with Gasteiger partial charge in [-0.25, -0.2) is 0 Å². The van der Waals surface area contributed by atoms with Crippen molar-refractivity contribution < 1.29 is 0 Å². The minimum Gasteiger partial charge on any atom is -0.341 e. The van der Waals surface area contributed by atoms with Gasteiger partial charge in [-0.1, -0.05) is 51.5 Å². The molecular formula is C33H36N4. The third kappa shape index (κ3) is 5.96. The predicted octanol–water partition coefficient (Wildman–Crippen LogP) is 8.11. The van der Waals surface area contributed by atoms with E-state index >= 15 is 0 Å². The summed E-state index contributed by atoms with van der Waals surface area (Å²) < 4.78 is 0. The van der Waals surface area contributed by atoms with Crippen LogP contribution in [-0.4, -0.2) is 15.0 Å². The van der Waals surface area contributed by atoms with Gasteiger partial charge >= 0.3 is 0 Å². The maximum Gasteiger partial charge on any atom is 0.0717 e. The molecule has 0 atom stereocenters. The molecule has 0 bridgehead atoms. The molecule has 4 aromatic rings. The zero-order chi connectivity index (χ0) is 25.6. The van der Waals surface area contributed by atoms with E-state index < -0.39 is 0 Å². The number of hydrogen-bond donors (Lipinski definition) is 0. The fraction of sp³-hybridized carbons (Fsp3) is 0.303. The molecule has 0 N–H and O–H groups in total. The number of rotatable bonds is 8. The van der Waals surface area contributed by atoms with Crippen LogP contribution in [0.5, 0.6) is 0 Å². The Morgan fingerprint density at radius 2 is 1.68 bits per heavy atom. The molecule has 1 aliphatic rings. The normalized spacial score (nSPS) is 17.4. The standard InChI is InChI=1S/C33H36N4/c1-4-31-19-29(16-18-35-31)28-7-5-9-32(20-28)37(25(3)27-13-10-24(2)11-14-27)23-26-12-15-33(36-21-26)30-8-6-17-34-22-30/h5-9,12,15-22,24,27H,3-4,10-11,13-14,23H2,1-2H3. The quantitative estimate of drug-likeness (QED) is 0.251. The summed E-state index contributed by atoms with van der Waals surface area (Å²) in [7, 11) is 0. The maximum atomic E-state index is 4.76. The van der Waals surface area contributed by atoms with Crippen LogP contribution in [0.3, 0.4) is 0 Å². The lowest BCUT2D eigenvalue weighted by Crippen LogP contribution is -2.28. The van der Waals surface area contributed by atoms with Crippen molar-refractivity contribution in [2.24, 2.45) is 11.8 Å². The van der Waals surface area contributed by atoms with Gasteiger partial charge in [0.15, 0.2) is 0 Å². The van der Waals surface area contributed by atoms with E-state index in [4.69, 9.17) is 4.98 Å². The van der Waals surface area contributed by atoms with Gasteiger partial charge in [0.2, 0.25) is 0 Å². The van der Waals surface area contributed by atoms with Gasteiger partial charge in [0.1, 0.15) is 0 Å². The number of aryl methyl sites for hydroxylation is 1. The summed E-state index contributed by atoms with van der Waals surface area (Å²) >= 11 is 0. The molecule has 1 saturated carbocycles. The van der Waals surface area contributed by atoms with E-state index in [0.717, 1.165) is 35.8 Å². The van der Waals surface area contributed by atoms with Crippen LogP contribution in [0.15, 0.2) is 97.7 Å². The van der Waals surface area contributed by atoms with Crippen LogP contribution in [0, 0.1) is 11.8 Å². The number of benzene rings is 1. The van der Waals surface area contributed by atoms with Crippen LogP contribution in [0.2, 0.25) is 0 Å². The number of hydrogen-bond acceptors (Lipinski definition) is 4. The first-order valence-corrected chi connectivity index (χ1v) is 13.5. The van der Waals surface area contributed by atoms with Crippen molar-refractivity contribution >= 4 is 5.69 Å². The summed E-state index contributed by atoms with van der Waals surface area (Å²) in [6.45, 7) is 9.92. The molecular weight excluding hydrogens is 452 g/mol. The van der Waals surface area contributed by atoms with Gasteiger partial charge in [0.25, 0.3) is 0 Å². The number of aromatic nitrogens is 3. The first-order valence-electron chi connectivity index (χ1n) is 13.5. The molecule has 0 radical (unpaired) electrons. The number of allylic oxidation sites excluding steroid dienone is 1. The molecule has 0 unspecified atom stereocenters. The molecule has 0 aliphatic heterocycles. The Labute approximate surface area is 221 Å². The second-order valence-electron chi connectivity index (χ2n) is 10.3. The summed E-state index contributed by atoms with van der Waals surface area (Å²) in [5.74, 6) is 1.32. The third-order valence-electron chi connectivity index (χ3n) is 7.63.